The number of rotatable bonds is 6. The second-order valence-corrected chi connectivity index (χ2v) is 11.9. The molecule has 0 aliphatic carbocycles. The van der Waals surface area contributed by atoms with E-state index in [0.29, 0.717) is 22.5 Å². The van der Waals surface area contributed by atoms with Crippen LogP contribution in [0.2, 0.25) is 0 Å². The van der Waals surface area contributed by atoms with Crippen LogP contribution in [0.4, 0.5) is 11.4 Å². The van der Waals surface area contributed by atoms with Crippen molar-refractivity contribution < 1.29 is 18.0 Å². The van der Waals surface area contributed by atoms with Crippen LogP contribution in [0.15, 0.2) is 82.6 Å². The van der Waals surface area contributed by atoms with Gasteiger partial charge in [-0.2, -0.15) is 0 Å². The number of benzene rings is 4. The third-order valence-electron chi connectivity index (χ3n) is 7.07. The Balaban J connectivity index is 1.62. The summed E-state index contributed by atoms with van der Waals surface area (Å²) >= 11 is 0. The molecule has 0 unspecified atom stereocenters. The average molecular weight is 541 g/mol. The van der Waals surface area contributed by atoms with Gasteiger partial charge in [0, 0.05) is 22.5 Å². The smallest absolute Gasteiger partial charge is 0.255 e. The van der Waals surface area contributed by atoms with Crippen LogP contribution in [0.25, 0.3) is 0 Å². The van der Waals surface area contributed by atoms with Crippen molar-refractivity contribution in [1.29, 1.82) is 0 Å². The van der Waals surface area contributed by atoms with E-state index in [2.05, 4.69) is 10.6 Å². The zero-order valence-corrected chi connectivity index (χ0v) is 23.8. The van der Waals surface area contributed by atoms with Crippen molar-refractivity contribution in [2.24, 2.45) is 0 Å². The molecule has 0 saturated carbocycles. The Bertz CT molecular complexity index is 1600. The van der Waals surface area contributed by atoms with Crippen LogP contribution in [0, 0.1) is 41.5 Å². The number of aryl methyl sites for hydroxylation is 6. The van der Waals surface area contributed by atoms with Gasteiger partial charge in [-0.05, 0) is 123 Å². The number of carbonyl (C=O) groups is 2. The Morgan fingerprint density at radius 1 is 0.487 bits per heavy atom. The SMILES string of the molecule is Cc1ccc(C(=O)Nc2cc(S(=O)(=O)c3ccc(C)c(NC(=O)c4ccc(C)c(C)c4)c3)ccc2C)cc1C. The van der Waals surface area contributed by atoms with Crippen molar-refractivity contribution in [3.63, 3.8) is 0 Å². The van der Waals surface area contributed by atoms with E-state index in [1.165, 1.54) is 24.3 Å². The molecule has 0 bridgehead atoms. The molecule has 0 aromatic heterocycles. The fraction of sp³-hybridized carbons (Fsp3) is 0.188. The minimum Gasteiger partial charge on any atom is -0.322 e. The molecule has 4 aromatic rings. The summed E-state index contributed by atoms with van der Waals surface area (Å²) < 4.78 is 27.2. The van der Waals surface area contributed by atoms with Crippen molar-refractivity contribution in [2.75, 3.05) is 10.6 Å². The molecule has 0 aliphatic heterocycles. The zero-order valence-electron chi connectivity index (χ0n) is 23.0. The third kappa shape index (κ3) is 5.94. The van der Waals surface area contributed by atoms with Crippen LogP contribution in [0.1, 0.15) is 54.1 Å². The summed E-state index contributed by atoms with van der Waals surface area (Å²) in [6, 6.07) is 20.2. The first-order valence-electron chi connectivity index (χ1n) is 12.6. The predicted molar refractivity (Wildman–Crippen MR) is 156 cm³/mol. The highest BCUT2D eigenvalue weighted by atomic mass is 32.2. The lowest BCUT2D eigenvalue weighted by atomic mass is 10.1. The molecule has 0 saturated heterocycles. The third-order valence-corrected chi connectivity index (χ3v) is 8.82. The second kappa shape index (κ2) is 10.9. The topological polar surface area (TPSA) is 92.3 Å². The standard InChI is InChI=1S/C32H32N2O4S/c1-19-7-11-25(15-23(19)5)31(35)33-29-17-27(13-9-21(29)3)39(37,38)28-14-10-22(4)30(18-28)34-32(36)26-12-8-20(2)24(6)16-26/h7-18H,1-6H3,(H,33,35)(H,34,36). The van der Waals surface area contributed by atoms with Crippen LogP contribution in [-0.2, 0) is 9.84 Å². The average Bonchev–Trinajstić information content (AvgIpc) is 2.89. The Hall–Kier alpha value is -4.23. The molecule has 0 aliphatic rings. The van der Waals surface area contributed by atoms with Crippen molar-refractivity contribution in [3.8, 4) is 0 Å². The van der Waals surface area contributed by atoms with Gasteiger partial charge < -0.3 is 10.6 Å². The summed E-state index contributed by atoms with van der Waals surface area (Å²) in [6.45, 7) is 11.4. The largest absolute Gasteiger partial charge is 0.322 e. The Kier molecular flexibility index (Phi) is 7.74. The lowest BCUT2D eigenvalue weighted by Crippen LogP contribution is -2.15. The molecule has 0 radical (unpaired) electrons. The molecule has 0 fully saturated rings. The molecule has 0 atom stereocenters. The van der Waals surface area contributed by atoms with Crippen molar-refractivity contribution >= 4 is 33.0 Å². The van der Waals surface area contributed by atoms with E-state index in [4.69, 9.17) is 0 Å². The normalized spacial score (nSPS) is 11.2. The van der Waals surface area contributed by atoms with E-state index in [-0.39, 0.29) is 21.6 Å². The molecule has 200 valence electrons. The van der Waals surface area contributed by atoms with Crippen LogP contribution in [0.5, 0.6) is 0 Å². The maximum absolute atomic E-state index is 13.6. The molecule has 0 heterocycles. The molecular weight excluding hydrogens is 508 g/mol. The summed E-state index contributed by atoms with van der Waals surface area (Å²) in [5.74, 6) is -0.634. The Labute approximate surface area is 230 Å². The molecule has 6 nitrogen and oxygen atoms in total. The highest BCUT2D eigenvalue weighted by Gasteiger charge is 2.21. The number of amides is 2. The first kappa shape index (κ1) is 27.8. The molecule has 2 amide bonds. The van der Waals surface area contributed by atoms with E-state index in [0.717, 1.165) is 33.4 Å². The molecule has 2 N–H and O–H groups in total. The van der Waals surface area contributed by atoms with Gasteiger partial charge in [0.1, 0.15) is 0 Å². The van der Waals surface area contributed by atoms with E-state index < -0.39 is 9.84 Å². The summed E-state index contributed by atoms with van der Waals surface area (Å²) in [5, 5.41) is 5.70. The van der Waals surface area contributed by atoms with Crippen molar-refractivity contribution in [1.82, 2.24) is 0 Å². The Morgan fingerprint density at radius 3 is 1.21 bits per heavy atom. The fourth-order valence-electron chi connectivity index (χ4n) is 4.10. The maximum Gasteiger partial charge on any atom is 0.255 e. The van der Waals surface area contributed by atoms with Crippen LogP contribution in [-0.4, -0.2) is 20.2 Å². The molecule has 7 heteroatoms. The second-order valence-electron chi connectivity index (χ2n) is 9.96. The van der Waals surface area contributed by atoms with Crippen LogP contribution >= 0.6 is 0 Å². The molecule has 0 spiro atoms. The maximum atomic E-state index is 13.6. The highest BCUT2D eigenvalue weighted by molar-refractivity contribution is 7.91. The fourth-order valence-corrected chi connectivity index (χ4v) is 5.41. The van der Waals surface area contributed by atoms with Crippen LogP contribution < -0.4 is 10.6 Å². The molecular formula is C32H32N2O4S. The van der Waals surface area contributed by atoms with Gasteiger partial charge in [0.15, 0.2) is 0 Å². The van der Waals surface area contributed by atoms with Gasteiger partial charge in [0.05, 0.1) is 9.79 Å². The Morgan fingerprint density at radius 2 is 0.846 bits per heavy atom. The van der Waals surface area contributed by atoms with E-state index in [1.54, 1.807) is 50.2 Å². The predicted octanol–water partition coefficient (Wildman–Crippen LogP) is 6.87. The zero-order chi connectivity index (χ0) is 28.5. The molecule has 39 heavy (non-hydrogen) atoms. The molecule has 4 rings (SSSR count). The summed E-state index contributed by atoms with van der Waals surface area (Å²) in [4.78, 5) is 25.9. The van der Waals surface area contributed by atoms with Gasteiger partial charge in [0.2, 0.25) is 9.84 Å². The van der Waals surface area contributed by atoms with Crippen LogP contribution in [0.3, 0.4) is 0 Å². The van der Waals surface area contributed by atoms with E-state index in [1.807, 2.05) is 39.8 Å². The number of hydrogen-bond donors (Lipinski definition) is 2. The lowest BCUT2D eigenvalue weighted by molar-refractivity contribution is 0.101. The number of carbonyl (C=O) groups excluding carboxylic acids is 2. The van der Waals surface area contributed by atoms with Crippen molar-refractivity contribution in [2.45, 2.75) is 51.3 Å². The van der Waals surface area contributed by atoms with Gasteiger partial charge >= 0.3 is 0 Å². The summed E-state index contributed by atoms with van der Waals surface area (Å²) in [5.41, 5.74) is 7.43. The van der Waals surface area contributed by atoms with Gasteiger partial charge in [-0.3, -0.25) is 9.59 Å². The van der Waals surface area contributed by atoms with Gasteiger partial charge in [0.25, 0.3) is 11.8 Å². The van der Waals surface area contributed by atoms with Gasteiger partial charge in [-0.15, -0.1) is 0 Å². The summed E-state index contributed by atoms with van der Waals surface area (Å²) in [6.07, 6.45) is 0. The molecule has 4 aromatic carbocycles. The number of nitrogens with one attached hydrogen (secondary N) is 2. The minimum atomic E-state index is -3.95. The summed E-state index contributed by atoms with van der Waals surface area (Å²) in [7, 11) is -3.95. The van der Waals surface area contributed by atoms with E-state index >= 15 is 0 Å². The van der Waals surface area contributed by atoms with Crippen molar-refractivity contribution in [3.05, 3.63) is 117 Å². The number of anilines is 2. The number of hydrogen-bond acceptors (Lipinski definition) is 4. The lowest BCUT2D eigenvalue weighted by Gasteiger charge is -2.14. The van der Waals surface area contributed by atoms with Gasteiger partial charge in [-0.25, -0.2) is 8.42 Å². The number of sulfone groups is 1. The highest BCUT2D eigenvalue weighted by Crippen LogP contribution is 2.29. The monoisotopic (exact) mass is 540 g/mol. The quantitative estimate of drug-likeness (QED) is 0.279. The first-order chi connectivity index (χ1) is 18.4. The van der Waals surface area contributed by atoms with Gasteiger partial charge in [-0.1, -0.05) is 24.3 Å². The van der Waals surface area contributed by atoms with E-state index in [9.17, 15) is 18.0 Å². The minimum absolute atomic E-state index is 0.0405. The first-order valence-corrected chi connectivity index (χ1v) is 14.1.